The molecular formula is C22H25N3O3S. The molecule has 3 aromatic rings. The predicted molar refractivity (Wildman–Crippen MR) is 115 cm³/mol. The van der Waals surface area contributed by atoms with Crippen LogP contribution in [0.3, 0.4) is 0 Å². The van der Waals surface area contributed by atoms with E-state index in [0.29, 0.717) is 24.4 Å². The molecule has 0 aliphatic carbocycles. The van der Waals surface area contributed by atoms with Crippen molar-refractivity contribution < 1.29 is 9.53 Å². The second kappa shape index (κ2) is 10.1. The molecule has 1 atom stereocenters. The number of nitrogens with one attached hydrogen (secondary N) is 1. The van der Waals surface area contributed by atoms with Gasteiger partial charge in [-0.2, -0.15) is 5.10 Å². The number of aromatic nitrogens is 2. The van der Waals surface area contributed by atoms with E-state index in [1.807, 2.05) is 23.6 Å². The number of rotatable bonds is 9. The summed E-state index contributed by atoms with van der Waals surface area (Å²) in [6.45, 7) is 2.92. The molecule has 0 spiro atoms. The Morgan fingerprint density at radius 2 is 2.00 bits per heavy atom. The van der Waals surface area contributed by atoms with Crippen LogP contribution in [0, 0.1) is 0 Å². The summed E-state index contributed by atoms with van der Waals surface area (Å²) in [7, 11) is 1.59. The Bertz CT molecular complexity index is 981. The minimum absolute atomic E-state index is 0.0261. The lowest BCUT2D eigenvalue weighted by molar-refractivity contribution is 0.0935. The maximum absolute atomic E-state index is 12.7. The van der Waals surface area contributed by atoms with E-state index in [9.17, 15) is 9.59 Å². The fourth-order valence-electron chi connectivity index (χ4n) is 3.04. The monoisotopic (exact) mass is 411 g/mol. The Morgan fingerprint density at radius 1 is 1.21 bits per heavy atom. The number of benzene rings is 1. The van der Waals surface area contributed by atoms with Gasteiger partial charge in [0.25, 0.3) is 11.5 Å². The Hall–Kier alpha value is -2.77. The second-order valence-corrected chi connectivity index (χ2v) is 7.66. The zero-order valence-electron chi connectivity index (χ0n) is 16.6. The molecule has 0 fully saturated rings. The summed E-state index contributed by atoms with van der Waals surface area (Å²) in [5.41, 5.74) is 1.95. The Balaban J connectivity index is 1.74. The molecular weight excluding hydrogens is 386 g/mol. The summed E-state index contributed by atoms with van der Waals surface area (Å²) in [5.74, 6) is -0.0959. The number of amides is 1. The first-order valence-corrected chi connectivity index (χ1v) is 10.5. The van der Waals surface area contributed by atoms with E-state index in [0.717, 1.165) is 18.4 Å². The summed E-state index contributed by atoms with van der Waals surface area (Å²) < 4.78 is 6.41. The fourth-order valence-corrected chi connectivity index (χ4v) is 3.85. The molecule has 1 N–H and O–H groups in total. The van der Waals surface area contributed by atoms with Crippen LogP contribution < -0.4 is 10.9 Å². The minimum Gasteiger partial charge on any atom is -0.383 e. The van der Waals surface area contributed by atoms with Gasteiger partial charge in [0, 0.05) is 29.2 Å². The van der Waals surface area contributed by atoms with Crippen molar-refractivity contribution in [3.63, 3.8) is 0 Å². The zero-order valence-corrected chi connectivity index (χ0v) is 17.4. The maximum Gasteiger partial charge on any atom is 0.266 e. The van der Waals surface area contributed by atoms with Crippen LogP contribution in [0.25, 0.3) is 11.3 Å². The van der Waals surface area contributed by atoms with Gasteiger partial charge < -0.3 is 10.1 Å². The summed E-state index contributed by atoms with van der Waals surface area (Å²) in [6.07, 6.45) is 1.89. The van der Waals surface area contributed by atoms with Crippen molar-refractivity contribution in [3.8, 4) is 11.3 Å². The van der Waals surface area contributed by atoms with E-state index >= 15 is 0 Å². The average Bonchev–Trinajstić information content (AvgIpc) is 3.28. The molecule has 7 heteroatoms. The average molecular weight is 412 g/mol. The van der Waals surface area contributed by atoms with Gasteiger partial charge in [-0.1, -0.05) is 31.5 Å². The van der Waals surface area contributed by atoms with Gasteiger partial charge in [-0.3, -0.25) is 9.59 Å². The molecule has 3 rings (SSSR count). The third-order valence-corrected chi connectivity index (χ3v) is 5.57. The lowest BCUT2D eigenvalue weighted by atomic mass is 10.1. The number of carbonyl (C=O) groups is 1. The number of thiophene rings is 1. The van der Waals surface area contributed by atoms with Crippen molar-refractivity contribution in [1.82, 2.24) is 15.1 Å². The largest absolute Gasteiger partial charge is 0.383 e. The van der Waals surface area contributed by atoms with Crippen LogP contribution in [-0.4, -0.2) is 29.4 Å². The SMILES string of the molecule is CCCC(NC(=O)c1ccc(-c2ccc(=O)n(CCOC)n2)cc1)c1cccs1. The molecule has 0 saturated carbocycles. The van der Waals surface area contributed by atoms with Crippen molar-refractivity contribution in [2.75, 3.05) is 13.7 Å². The van der Waals surface area contributed by atoms with E-state index in [1.165, 1.54) is 15.6 Å². The van der Waals surface area contributed by atoms with E-state index in [2.05, 4.69) is 23.4 Å². The highest BCUT2D eigenvalue weighted by Gasteiger charge is 2.16. The first-order valence-electron chi connectivity index (χ1n) is 9.64. The van der Waals surface area contributed by atoms with Gasteiger partial charge >= 0.3 is 0 Å². The van der Waals surface area contributed by atoms with Crippen molar-refractivity contribution in [3.05, 3.63) is 74.7 Å². The fraction of sp³-hybridized carbons (Fsp3) is 0.318. The van der Waals surface area contributed by atoms with Gasteiger partial charge in [0.15, 0.2) is 0 Å². The molecule has 152 valence electrons. The summed E-state index contributed by atoms with van der Waals surface area (Å²) in [4.78, 5) is 25.8. The van der Waals surface area contributed by atoms with E-state index < -0.39 is 0 Å². The minimum atomic E-state index is -0.169. The molecule has 0 aliphatic heterocycles. The number of methoxy groups -OCH3 is 1. The molecule has 29 heavy (non-hydrogen) atoms. The molecule has 6 nitrogen and oxygen atoms in total. The maximum atomic E-state index is 12.7. The molecule has 0 aliphatic rings. The van der Waals surface area contributed by atoms with Gasteiger partial charge in [0.05, 0.1) is 24.9 Å². The molecule has 1 aromatic carbocycles. The Morgan fingerprint density at radius 3 is 2.66 bits per heavy atom. The number of hydrogen-bond acceptors (Lipinski definition) is 5. The first-order chi connectivity index (χ1) is 14.1. The summed E-state index contributed by atoms with van der Waals surface area (Å²) >= 11 is 1.66. The van der Waals surface area contributed by atoms with Gasteiger partial charge in [0.2, 0.25) is 0 Å². The van der Waals surface area contributed by atoms with Gasteiger partial charge in [-0.15, -0.1) is 11.3 Å². The van der Waals surface area contributed by atoms with E-state index in [-0.39, 0.29) is 17.5 Å². The van der Waals surface area contributed by atoms with Crippen LogP contribution in [0.1, 0.15) is 41.0 Å². The quantitative estimate of drug-likeness (QED) is 0.580. The standard InChI is InChI=1S/C22H25N3O3S/c1-3-5-19(20-6-4-15-29-20)23-22(27)17-9-7-16(8-10-17)18-11-12-21(26)25(24-18)13-14-28-2/h4,6-12,15,19H,3,5,13-14H2,1-2H3,(H,23,27). The molecule has 2 aromatic heterocycles. The molecule has 1 amide bonds. The molecule has 0 bridgehead atoms. The normalized spacial score (nSPS) is 11.9. The van der Waals surface area contributed by atoms with Crippen LogP contribution in [0.15, 0.2) is 58.7 Å². The number of carbonyl (C=O) groups excluding carboxylic acids is 1. The van der Waals surface area contributed by atoms with Gasteiger partial charge in [-0.25, -0.2) is 4.68 Å². The van der Waals surface area contributed by atoms with E-state index in [1.54, 1.807) is 36.6 Å². The molecule has 1 unspecified atom stereocenters. The lowest BCUT2D eigenvalue weighted by Crippen LogP contribution is -2.28. The van der Waals surface area contributed by atoms with Gasteiger partial charge in [0.1, 0.15) is 0 Å². The van der Waals surface area contributed by atoms with Crippen LogP contribution in [0.4, 0.5) is 0 Å². The summed E-state index contributed by atoms with van der Waals surface area (Å²) in [6, 6.07) is 14.5. The van der Waals surface area contributed by atoms with Crippen LogP contribution in [0.2, 0.25) is 0 Å². The highest BCUT2D eigenvalue weighted by Crippen LogP contribution is 2.24. The van der Waals surface area contributed by atoms with Crippen LogP contribution in [0.5, 0.6) is 0 Å². The molecule has 2 heterocycles. The molecule has 0 saturated heterocycles. The summed E-state index contributed by atoms with van der Waals surface area (Å²) in [5, 5.41) is 9.54. The second-order valence-electron chi connectivity index (χ2n) is 6.68. The van der Waals surface area contributed by atoms with Crippen LogP contribution in [-0.2, 0) is 11.3 Å². The number of hydrogen-bond donors (Lipinski definition) is 1. The van der Waals surface area contributed by atoms with Crippen molar-refractivity contribution in [2.24, 2.45) is 0 Å². The van der Waals surface area contributed by atoms with Crippen molar-refractivity contribution in [1.29, 1.82) is 0 Å². The number of nitrogens with zero attached hydrogens (tertiary/aromatic N) is 2. The smallest absolute Gasteiger partial charge is 0.266 e. The third kappa shape index (κ3) is 5.40. The topological polar surface area (TPSA) is 73.2 Å². The number of ether oxygens (including phenoxy) is 1. The first kappa shape index (κ1) is 21.0. The zero-order chi connectivity index (χ0) is 20.6. The van der Waals surface area contributed by atoms with Gasteiger partial charge in [-0.05, 0) is 36.1 Å². The Kier molecular flexibility index (Phi) is 7.32. The highest BCUT2D eigenvalue weighted by atomic mass is 32.1. The lowest BCUT2D eigenvalue weighted by Gasteiger charge is -2.17. The predicted octanol–water partition coefficient (Wildman–Crippen LogP) is 3.89. The van der Waals surface area contributed by atoms with Crippen LogP contribution >= 0.6 is 11.3 Å². The van der Waals surface area contributed by atoms with Crippen molar-refractivity contribution >= 4 is 17.2 Å². The van der Waals surface area contributed by atoms with E-state index in [4.69, 9.17) is 4.74 Å². The third-order valence-electron chi connectivity index (χ3n) is 4.59. The van der Waals surface area contributed by atoms with Crippen molar-refractivity contribution in [2.45, 2.75) is 32.4 Å². The highest BCUT2D eigenvalue weighted by molar-refractivity contribution is 7.10. The Labute approximate surface area is 174 Å². The molecule has 0 radical (unpaired) electrons.